The van der Waals surface area contributed by atoms with E-state index < -0.39 is 6.85 Å². The van der Waals surface area contributed by atoms with Gasteiger partial charge in [-0.2, -0.15) is 0 Å². The van der Waals surface area contributed by atoms with Gasteiger partial charge in [-0.15, -0.1) is 0 Å². The number of pyridine rings is 1. The summed E-state index contributed by atoms with van der Waals surface area (Å²) in [7, 11) is 0. The normalized spacial score (nSPS) is 14.3. The maximum absolute atomic E-state index is 8.05. The highest BCUT2D eigenvalue weighted by Crippen LogP contribution is 2.45. The van der Waals surface area contributed by atoms with Crippen molar-refractivity contribution < 1.29 is 4.11 Å². The van der Waals surface area contributed by atoms with Gasteiger partial charge in [0.15, 0.2) is 0 Å². The van der Waals surface area contributed by atoms with Gasteiger partial charge >= 0.3 is 0 Å². The highest BCUT2D eigenvalue weighted by atomic mass is 15.4. The van der Waals surface area contributed by atoms with Gasteiger partial charge in [-0.3, -0.25) is 4.57 Å². The maximum Gasteiger partial charge on any atom is 0.137 e. The number of hydrogen-bond donors (Lipinski definition) is 0. The van der Waals surface area contributed by atoms with Crippen molar-refractivity contribution in [1.82, 2.24) is 9.55 Å². The average Bonchev–Trinajstić information content (AvgIpc) is 3.65. The number of nitrogens with zero attached hydrogens (tertiary/aromatic N) is 5. The molecule has 7 aromatic rings. The Morgan fingerprint density at radius 1 is 0.652 bits per heavy atom. The molecule has 46 heavy (non-hydrogen) atoms. The Hall–Kier alpha value is -5.55. The summed E-state index contributed by atoms with van der Waals surface area (Å²) in [6.45, 7) is 5.28. The molecule has 0 amide bonds. The van der Waals surface area contributed by atoms with Crippen LogP contribution in [-0.4, -0.2) is 21.8 Å². The van der Waals surface area contributed by atoms with Crippen molar-refractivity contribution in [3.8, 4) is 5.82 Å². The second kappa shape index (κ2) is 10.8. The Morgan fingerprint density at radius 3 is 2.20 bits per heavy atom. The van der Waals surface area contributed by atoms with Crippen molar-refractivity contribution in [3.63, 3.8) is 0 Å². The molecular formula is C41H37N5. The maximum atomic E-state index is 8.05. The van der Waals surface area contributed by atoms with E-state index in [1.807, 2.05) is 18.2 Å². The molecule has 8 rings (SSSR count). The van der Waals surface area contributed by atoms with Gasteiger partial charge < -0.3 is 14.7 Å². The SMILES string of the molecule is [2H]C([2H])([2H])c1ccnc(-n2c3ccccc3c3ccc(N(c4ccccc4)c4cccc(N5CN(C(C)(C)C)c6ccccc65)c4)cc32)c1. The van der Waals surface area contributed by atoms with Crippen LogP contribution in [0.25, 0.3) is 27.6 Å². The number of rotatable bonds is 5. The van der Waals surface area contributed by atoms with E-state index in [0.717, 1.165) is 51.2 Å². The predicted octanol–water partition coefficient (Wildman–Crippen LogP) is 10.7. The number of fused-ring (bicyclic) bond motifs is 4. The largest absolute Gasteiger partial charge is 0.347 e. The lowest BCUT2D eigenvalue weighted by Gasteiger charge is -2.34. The predicted molar refractivity (Wildman–Crippen MR) is 194 cm³/mol. The van der Waals surface area contributed by atoms with Crippen molar-refractivity contribution in [2.45, 2.75) is 33.2 Å². The van der Waals surface area contributed by atoms with Crippen LogP contribution in [0.3, 0.4) is 0 Å². The third-order valence-electron chi connectivity index (χ3n) is 8.86. The van der Waals surface area contributed by atoms with Crippen molar-refractivity contribution in [1.29, 1.82) is 0 Å². The fourth-order valence-corrected chi connectivity index (χ4v) is 6.72. The van der Waals surface area contributed by atoms with Gasteiger partial charge in [0, 0.05) is 49.4 Å². The Labute approximate surface area is 274 Å². The number of para-hydroxylation sites is 4. The first-order valence-corrected chi connectivity index (χ1v) is 15.7. The van der Waals surface area contributed by atoms with Crippen LogP contribution in [-0.2, 0) is 0 Å². The lowest BCUT2D eigenvalue weighted by Crippen LogP contribution is -2.42. The van der Waals surface area contributed by atoms with Crippen molar-refractivity contribution in [3.05, 3.63) is 145 Å². The first-order valence-electron chi connectivity index (χ1n) is 17.2. The lowest BCUT2D eigenvalue weighted by atomic mass is 10.1. The monoisotopic (exact) mass is 602 g/mol. The van der Waals surface area contributed by atoms with Crippen molar-refractivity contribution in [2.75, 3.05) is 21.4 Å². The molecular weight excluding hydrogens is 562 g/mol. The van der Waals surface area contributed by atoms with E-state index in [1.165, 1.54) is 11.4 Å². The molecule has 0 fully saturated rings. The number of anilines is 6. The van der Waals surface area contributed by atoms with E-state index in [9.17, 15) is 0 Å². The molecule has 5 aromatic carbocycles. The van der Waals surface area contributed by atoms with Gasteiger partial charge in [0.1, 0.15) is 5.82 Å². The quantitative estimate of drug-likeness (QED) is 0.196. The van der Waals surface area contributed by atoms with E-state index >= 15 is 0 Å². The topological polar surface area (TPSA) is 27.5 Å². The summed E-state index contributed by atoms with van der Waals surface area (Å²) in [4.78, 5) is 11.8. The van der Waals surface area contributed by atoms with Gasteiger partial charge in [0.25, 0.3) is 0 Å². The minimum absolute atomic E-state index is 0.0374. The lowest BCUT2D eigenvalue weighted by molar-refractivity contribution is 0.518. The summed E-state index contributed by atoms with van der Waals surface area (Å²) in [5.74, 6) is 0.571. The van der Waals surface area contributed by atoms with Crippen LogP contribution in [0.5, 0.6) is 0 Å². The number of aryl methyl sites for hydroxylation is 1. The van der Waals surface area contributed by atoms with Gasteiger partial charge in [-0.05, 0) is 106 Å². The molecule has 0 spiro atoms. The standard InChI is InChI=1S/C41H37N5/c1-29-23-24-42-40(25-29)46-36-18-9-8-17-34(36)35-22-21-33(27-39(35)46)45(30-13-6-5-7-14-30)32-16-12-15-31(26-32)43-28-44(41(2,3)4)38-20-11-10-19-37(38)43/h5-27H,28H2,1-4H3/i1D3. The molecule has 2 aromatic heterocycles. The molecule has 0 atom stereocenters. The van der Waals surface area contributed by atoms with Crippen molar-refractivity contribution >= 4 is 55.9 Å². The van der Waals surface area contributed by atoms with E-state index in [2.05, 4.69) is 148 Å². The zero-order chi connectivity index (χ0) is 33.9. The van der Waals surface area contributed by atoms with Gasteiger partial charge in [-0.1, -0.05) is 60.7 Å². The van der Waals surface area contributed by atoms with Gasteiger partial charge in [0.2, 0.25) is 0 Å². The Morgan fingerprint density at radius 2 is 1.37 bits per heavy atom. The summed E-state index contributed by atoms with van der Waals surface area (Å²) < 4.78 is 26.2. The first kappa shape index (κ1) is 24.7. The van der Waals surface area contributed by atoms with Crippen LogP contribution in [0, 0.1) is 6.85 Å². The second-order valence-electron chi connectivity index (χ2n) is 12.8. The molecule has 1 aliphatic rings. The third kappa shape index (κ3) is 4.67. The smallest absolute Gasteiger partial charge is 0.137 e. The summed E-state index contributed by atoms with van der Waals surface area (Å²) in [5.41, 5.74) is 8.70. The van der Waals surface area contributed by atoms with Crippen LogP contribution in [0.4, 0.5) is 34.1 Å². The zero-order valence-electron chi connectivity index (χ0n) is 29.2. The van der Waals surface area contributed by atoms with E-state index in [-0.39, 0.29) is 11.1 Å². The molecule has 0 unspecified atom stereocenters. The second-order valence-corrected chi connectivity index (χ2v) is 12.8. The minimum atomic E-state index is -2.24. The van der Waals surface area contributed by atoms with Gasteiger partial charge in [-0.25, -0.2) is 4.98 Å². The van der Waals surface area contributed by atoms with E-state index in [4.69, 9.17) is 4.11 Å². The Kier molecular flexibility index (Phi) is 5.81. The summed E-state index contributed by atoms with van der Waals surface area (Å²) in [6.07, 6.45) is 1.58. The number of hydrogen-bond acceptors (Lipinski definition) is 4. The molecule has 0 saturated heterocycles. The molecule has 226 valence electrons. The minimum Gasteiger partial charge on any atom is -0.347 e. The Bertz CT molecular complexity index is 2320. The summed E-state index contributed by atoms with van der Waals surface area (Å²) in [5, 5.41) is 2.15. The molecule has 0 radical (unpaired) electrons. The number of aromatic nitrogens is 2. The van der Waals surface area contributed by atoms with E-state index in [0.29, 0.717) is 5.82 Å². The molecule has 0 aliphatic carbocycles. The highest BCUT2D eigenvalue weighted by molar-refractivity contribution is 6.10. The number of benzene rings is 5. The summed E-state index contributed by atoms with van der Waals surface area (Å²) in [6, 6.07) is 45.7. The van der Waals surface area contributed by atoms with Crippen LogP contribution in [0.2, 0.25) is 0 Å². The van der Waals surface area contributed by atoms with Gasteiger partial charge in [0.05, 0.1) is 29.1 Å². The molecule has 5 heteroatoms. The third-order valence-corrected chi connectivity index (χ3v) is 8.86. The molecule has 0 N–H and O–H groups in total. The van der Waals surface area contributed by atoms with Crippen LogP contribution >= 0.6 is 0 Å². The fourth-order valence-electron chi connectivity index (χ4n) is 6.72. The van der Waals surface area contributed by atoms with Crippen LogP contribution in [0.15, 0.2) is 140 Å². The van der Waals surface area contributed by atoms with Crippen LogP contribution < -0.4 is 14.7 Å². The molecule has 0 bridgehead atoms. The average molecular weight is 603 g/mol. The van der Waals surface area contributed by atoms with E-state index in [1.54, 1.807) is 18.3 Å². The molecule has 1 aliphatic heterocycles. The molecule has 5 nitrogen and oxygen atoms in total. The fraction of sp³-hybridized carbons (Fsp3) is 0.146. The molecule has 0 saturated carbocycles. The summed E-state index contributed by atoms with van der Waals surface area (Å²) >= 11 is 0. The first-order chi connectivity index (χ1) is 23.6. The van der Waals surface area contributed by atoms with Crippen LogP contribution in [0.1, 0.15) is 30.4 Å². The van der Waals surface area contributed by atoms with Crippen molar-refractivity contribution in [2.24, 2.45) is 0 Å². The molecule has 3 heterocycles. The Balaban J connectivity index is 1.30. The highest BCUT2D eigenvalue weighted by Gasteiger charge is 2.33. The zero-order valence-corrected chi connectivity index (χ0v) is 26.2.